The molecule has 0 radical (unpaired) electrons. The predicted molar refractivity (Wildman–Crippen MR) is 85.3 cm³/mol. The molecule has 0 aliphatic carbocycles. The molecule has 21 heavy (non-hydrogen) atoms. The van der Waals surface area contributed by atoms with Crippen molar-refractivity contribution in [1.82, 2.24) is 5.32 Å². The minimum Gasteiger partial charge on any atom is -0.452 e. The fourth-order valence-corrected chi connectivity index (χ4v) is 2.97. The number of halogens is 1. The van der Waals surface area contributed by atoms with Gasteiger partial charge in [-0.2, -0.15) is 0 Å². The van der Waals surface area contributed by atoms with Gasteiger partial charge in [-0.25, -0.2) is 0 Å². The molecule has 110 valence electrons. The van der Waals surface area contributed by atoms with Crippen LogP contribution >= 0.6 is 15.9 Å². The van der Waals surface area contributed by atoms with Crippen molar-refractivity contribution in [2.75, 3.05) is 11.9 Å². The first-order valence-corrected chi connectivity index (χ1v) is 7.88. The summed E-state index contributed by atoms with van der Waals surface area (Å²) in [7, 11) is 0. The lowest BCUT2D eigenvalue weighted by molar-refractivity contribution is -0.116. The minimum absolute atomic E-state index is 0.0178. The number of aryl methyl sites for hydroxylation is 1. The molecule has 1 aromatic heterocycles. The van der Waals surface area contributed by atoms with Crippen molar-refractivity contribution >= 4 is 27.5 Å². The second kappa shape index (κ2) is 6.03. The maximum atomic E-state index is 11.4. The number of hydrogen-bond donors (Lipinski definition) is 2. The zero-order valence-corrected chi connectivity index (χ0v) is 13.4. The standard InChI is InChI=1S/C16H17BrN2O2/c1-2-18-16(13-6-7-14(17)21-13)11-3-5-12-10(9-11)4-8-15(20)19-12/h3,5-7,9,16,18H,2,4,8H2,1H3,(H,19,20). The molecule has 5 heteroatoms. The van der Waals surface area contributed by atoms with E-state index in [1.165, 1.54) is 5.56 Å². The van der Waals surface area contributed by atoms with Crippen LogP contribution < -0.4 is 10.6 Å². The number of fused-ring (bicyclic) bond motifs is 1. The first-order chi connectivity index (χ1) is 10.2. The Bertz CT molecular complexity index is 666. The van der Waals surface area contributed by atoms with E-state index in [-0.39, 0.29) is 11.9 Å². The van der Waals surface area contributed by atoms with Gasteiger partial charge in [0, 0.05) is 12.1 Å². The maximum Gasteiger partial charge on any atom is 0.224 e. The van der Waals surface area contributed by atoms with Gasteiger partial charge >= 0.3 is 0 Å². The fraction of sp³-hybridized carbons (Fsp3) is 0.312. The van der Waals surface area contributed by atoms with Crippen LogP contribution in [0.25, 0.3) is 0 Å². The molecule has 2 heterocycles. The summed E-state index contributed by atoms with van der Waals surface area (Å²) < 4.78 is 6.43. The molecule has 0 spiro atoms. The molecule has 0 bridgehead atoms. The highest BCUT2D eigenvalue weighted by atomic mass is 79.9. The van der Waals surface area contributed by atoms with Crippen LogP contribution in [0.15, 0.2) is 39.4 Å². The summed E-state index contributed by atoms with van der Waals surface area (Å²) in [5.41, 5.74) is 3.25. The Labute approximate surface area is 132 Å². The van der Waals surface area contributed by atoms with Crippen molar-refractivity contribution in [3.05, 3.63) is 51.9 Å². The van der Waals surface area contributed by atoms with E-state index < -0.39 is 0 Å². The Morgan fingerprint density at radius 1 is 1.33 bits per heavy atom. The number of rotatable bonds is 4. The highest BCUT2D eigenvalue weighted by Gasteiger charge is 2.20. The number of carbonyl (C=O) groups excluding carboxylic acids is 1. The quantitative estimate of drug-likeness (QED) is 0.886. The van der Waals surface area contributed by atoms with Gasteiger partial charge in [-0.1, -0.05) is 19.1 Å². The van der Waals surface area contributed by atoms with Crippen LogP contribution in [0.4, 0.5) is 5.69 Å². The summed E-state index contributed by atoms with van der Waals surface area (Å²) in [4.78, 5) is 11.4. The van der Waals surface area contributed by atoms with Crippen molar-refractivity contribution in [2.24, 2.45) is 0 Å². The van der Waals surface area contributed by atoms with Gasteiger partial charge in [0.1, 0.15) is 5.76 Å². The number of nitrogens with one attached hydrogen (secondary N) is 2. The van der Waals surface area contributed by atoms with Crippen LogP contribution in [0.5, 0.6) is 0 Å². The van der Waals surface area contributed by atoms with Gasteiger partial charge in [0.25, 0.3) is 0 Å². The van der Waals surface area contributed by atoms with Gasteiger partial charge in [0.2, 0.25) is 5.91 Å². The summed E-state index contributed by atoms with van der Waals surface area (Å²) in [5, 5.41) is 6.35. The first kappa shape index (κ1) is 14.4. The third-order valence-electron chi connectivity index (χ3n) is 3.64. The molecule has 2 N–H and O–H groups in total. The molecule has 0 saturated carbocycles. The van der Waals surface area contributed by atoms with Gasteiger partial charge in [0.05, 0.1) is 6.04 Å². The lowest BCUT2D eigenvalue weighted by Gasteiger charge is -2.21. The number of amides is 1. The summed E-state index contributed by atoms with van der Waals surface area (Å²) in [6.45, 7) is 2.92. The van der Waals surface area contributed by atoms with Gasteiger partial charge in [-0.3, -0.25) is 4.79 Å². The summed E-state index contributed by atoms with van der Waals surface area (Å²) in [6, 6.07) is 10.1. The highest BCUT2D eigenvalue weighted by Crippen LogP contribution is 2.30. The summed E-state index contributed by atoms with van der Waals surface area (Å²) in [6.07, 6.45) is 1.34. The SMILES string of the molecule is CCNC(c1ccc2c(c1)CCC(=O)N2)c1ccc(Br)o1. The van der Waals surface area contributed by atoms with Gasteiger partial charge < -0.3 is 15.1 Å². The second-order valence-corrected chi connectivity index (χ2v) is 5.88. The molecule has 1 aliphatic heterocycles. The first-order valence-electron chi connectivity index (χ1n) is 7.08. The maximum absolute atomic E-state index is 11.4. The van der Waals surface area contributed by atoms with Crippen LogP contribution in [-0.2, 0) is 11.2 Å². The van der Waals surface area contributed by atoms with E-state index in [4.69, 9.17) is 4.42 Å². The molecule has 3 rings (SSSR count). The normalized spacial score (nSPS) is 15.4. The van der Waals surface area contributed by atoms with Crippen molar-refractivity contribution in [3.63, 3.8) is 0 Å². The molecular formula is C16H17BrN2O2. The summed E-state index contributed by atoms with van der Waals surface area (Å²) >= 11 is 3.35. The average Bonchev–Trinajstić information content (AvgIpc) is 2.90. The lowest BCUT2D eigenvalue weighted by Crippen LogP contribution is -2.23. The Morgan fingerprint density at radius 2 is 2.19 bits per heavy atom. The molecule has 1 aliphatic rings. The van der Waals surface area contributed by atoms with E-state index in [1.807, 2.05) is 24.3 Å². The van der Waals surface area contributed by atoms with Gasteiger partial charge in [-0.15, -0.1) is 0 Å². The average molecular weight is 349 g/mol. The Balaban J connectivity index is 1.94. The van der Waals surface area contributed by atoms with E-state index in [1.54, 1.807) is 0 Å². The molecule has 1 amide bonds. The Hall–Kier alpha value is -1.59. The highest BCUT2D eigenvalue weighted by molar-refractivity contribution is 9.10. The molecular weight excluding hydrogens is 332 g/mol. The van der Waals surface area contributed by atoms with Crippen LogP contribution in [0.2, 0.25) is 0 Å². The van der Waals surface area contributed by atoms with Crippen LogP contribution in [0.3, 0.4) is 0 Å². The van der Waals surface area contributed by atoms with E-state index >= 15 is 0 Å². The Morgan fingerprint density at radius 3 is 2.90 bits per heavy atom. The lowest BCUT2D eigenvalue weighted by atomic mass is 9.96. The smallest absolute Gasteiger partial charge is 0.224 e. The second-order valence-electron chi connectivity index (χ2n) is 5.10. The molecule has 1 unspecified atom stereocenters. The van der Waals surface area contributed by atoms with Crippen molar-refractivity contribution in [1.29, 1.82) is 0 Å². The van der Waals surface area contributed by atoms with Crippen molar-refractivity contribution < 1.29 is 9.21 Å². The predicted octanol–water partition coefficient (Wildman–Crippen LogP) is 3.63. The van der Waals surface area contributed by atoms with Crippen LogP contribution in [-0.4, -0.2) is 12.5 Å². The van der Waals surface area contributed by atoms with E-state index in [9.17, 15) is 4.79 Å². The van der Waals surface area contributed by atoms with E-state index in [0.29, 0.717) is 6.42 Å². The molecule has 4 nitrogen and oxygen atoms in total. The number of furan rings is 1. The van der Waals surface area contributed by atoms with Crippen molar-refractivity contribution in [3.8, 4) is 0 Å². The zero-order chi connectivity index (χ0) is 14.8. The topological polar surface area (TPSA) is 54.3 Å². The molecule has 0 saturated heterocycles. The van der Waals surface area contributed by atoms with E-state index in [0.717, 1.165) is 34.6 Å². The van der Waals surface area contributed by atoms with Crippen LogP contribution in [0.1, 0.15) is 36.3 Å². The zero-order valence-electron chi connectivity index (χ0n) is 11.8. The molecule has 0 fully saturated rings. The summed E-state index contributed by atoms with van der Waals surface area (Å²) in [5.74, 6) is 0.969. The van der Waals surface area contributed by atoms with E-state index in [2.05, 4.69) is 39.6 Å². The third kappa shape index (κ3) is 3.04. The van der Waals surface area contributed by atoms with Gasteiger partial charge in [-0.05, 0) is 58.2 Å². The number of anilines is 1. The largest absolute Gasteiger partial charge is 0.452 e. The molecule has 1 aromatic carbocycles. The fourth-order valence-electron chi connectivity index (χ4n) is 2.65. The number of benzene rings is 1. The number of hydrogen-bond acceptors (Lipinski definition) is 3. The van der Waals surface area contributed by atoms with Gasteiger partial charge in [0.15, 0.2) is 4.67 Å². The minimum atomic E-state index is 0.0178. The third-order valence-corrected chi connectivity index (χ3v) is 4.07. The number of carbonyl (C=O) groups is 1. The Kier molecular flexibility index (Phi) is 4.12. The van der Waals surface area contributed by atoms with Crippen molar-refractivity contribution in [2.45, 2.75) is 25.8 Å². The molecule has 1 atom stereocenters. The molecule has 2 aromatic rings. The monoisotopic (exact) mass is 348 g/mol. The van der Waals surface area contributed by atoms with Crippen LogP contribution in [0, 0.1) is 0 Å².